The van der Waals surface area contributed by atoms with Gasteiger partial charge in [0, 0.05) is 38.2 Å². The van der Waals surface area contributed by atoms with Crippen molar-refractivity contribution in [3.05, 3.63) is 18.0 Å². The van der Waals surface area contributed by atoms with Gasteiger partial charge in [0.15, 0.2) is 0 Å². The minimum atomic E-state index is -0.00598. The van der Waals surface area contributed by atoms with Crippen molar-refractivity contribution in [2.75, 3.05) is 19.6 Å². The minimum Gasteiger partial charge on any atom is -0.340 e. The first-order valence-electron chi connectivity index (χ1n) is 7.65. The number of rotatable bonds is 3. The summed E-state index contributed by atoms with van der Waals surface area (Å²) < 4.78 is 1.98. The zero-order chi connectivity index (χ0) is 15.0. The van der Waals surface area contributed by atoms with E-state index in [1.54, 1.807) is 6.20 Å². The van der Waals surface area contributed by atoms with Gasteiger partial charge in [0.25, 0.3) is 0 Å². The van der Waals surface area contributed by atoms with Crippen LogP contribution in [0.3, 0.4) is 0 Å². The molecule has 0 bridgehead atoms. The summed E-state index contributed by atoms with van der Waals surface area (Å²) in [5.41, 5.74) is 1.05. The maximum absolute atomic E-state index is 12.3. The van der Waals surface area contributed by atoms with Gasteiger partial charge in [-0.05, 0) is 12.5 Å². The van der Waals surface area contributed by atoms with Crippen LogP contribution >= 0.6 is 0 Å². The lowest BCUT2D eigenvalue weighted by atomic mass is 10.1. The highest BCUT2D eigenvalue weighted by Crippen LogP contribution is 2.24. The number of likely N-dealkylation sites (tertiary alicyclic amines) is 1. The summed E-state index contributed by atoms with van der Waals surface area (Å²) in [4.78, 5) is 27.9. The maximum Gasteiger partial charge on any atom is 0.225 e. The Morgan fingerprint density at radius 3 is 2.95 bits per heavy atom. The van der Waals surface area contributed by atoms with Gasteiger partial charge in [0.05, 0.1) is 18.3 Å². The van der Waals surface area contributed by atoms with Gasteiger partial charge in [-0.2, -0.15) is 5.10 Å². The molecule has 6 heteroatoms. The number of amides is 2. The van der Waals surface area contributed by atoms with Gasteiger partial charge < -0.3 is 9.80 Å². The zero-order valence-electron chi connectivity index (χ0n) is 12.7. The summed E-state index contributed by atoms with van der Waals surface area (Å²) in [5, 5.41) is 4.38. The van der Waals surface area contributed by atoms with E-state index >= 15 is 0 Å². The summed E-state index contributed by atoms with van der Waals surface area (Å²) in [6.07, 6.45) is 3.36. The molecule has 3 rings (SSSR count). The van der Waals surface area contributed by atoms with E-state index in [2.05, 4.69) is 5.10 Å². The third-order valence-corrected chi connectivity index (χ3v) is 4.29. The second-order valence-electron chi connectivity index (χ2n) is 6.24. The first-order valence-corrected chi connectivity index (χ1v) is 7.65. The van der Waals surface area contributed by atoms with E-state index in [-0.39, 0.29) is 23.8 Å². The standard InChI is InChI=1S/C15H22N4O2/c1-11(2)15(21)18-8-12-5-6-16-19(12)13(10-18)9-17-7-3-4-14(17)20/h5-6,11,13H,3-4,7-10H2,1-2H3. The highest BCUT2D eigenvalue weighted by molar-refractivity contribution is 5.79. The third kappa shape index (κ3) is 2.66. The summed E-state index contributed by atoms with van der Waals surface area (Å²) in [7, 11) is 0. The lowest BCUT2D eigenvalue weighted by Gasteiger charge is -2.36. The molecular formula is C15H22N4O2. The predicted molar refractivity (Wildman–Crippen MR) is 77.3 cm³/mol. The first-order chi connectivity index (χ1) is 10.1. The van der Waals surface area contributed by atoms with E-state index < -0.39 is 0 Å². The number of carbonyl (C=O) groups excluding carboxylic acids is 2. The van der Waals surface area contributed by atoms with Gasteiger partial charge in [-0.25, -0.2) is 0 Å². The molecule has 0 N–H and O–H groups in total. The lowest BCUT2D eigenvalue weighted by Crippen LogP contribution is -2.46. The van der Waals surface area contributed by atoms with E-state index in [0.29, 0.717) is 26.1 Å². The normalized spacial score (nSPS) is 22.0. The van der Waals surface area contributed by atoms with E-state index in [4.69, 9.17) is 0 Å². The molecule has 1 aromatic heterocycles. The van der Waals surface area contributed by atoms with Crippen LogP contribution < -0.4 is 0 Å². The van der Waals surface area contributed by atoms with Gasteiger partial charge >= 0.3 is 0 Å². The van der Waals surface area contributed by atoms with Crippen molar-refractivity contribution in [2.45, 2.75) is 39.3 Å². The molecule has 0 spiro atoms. The van der Waals surface area contributed by atoms with E-state index in [0.717, 1.165) is 18.7 Å². The summed E-state index contributed by atoms with van der Waals surface area (Å²) in [5.74, 6) is 0.379. The Morgan fingerprint density at radius 1 is 1.48 bits per heavy atom. The Morgan fingerprint density at radius 2 is 2.29 bits per heavy atom. The molecule has 0 saturated carbocycles. The van der Waals surface area contributed by atoms with Crippen LogP contribution in [0, 0.1) is 5.92 Å². The third-order valence-electron chi connectivity index (χ3n) is 4.29. The van der Waals surface area contributed by atoms with Crippen LogP contribution in [-0.2, 0) is 16.1 Å². The molecule has 6 nitrogen and oxygen atoms in total. The van der Waals surface area contributed by atoms with Crippen molar-refractivity contribution in [2.24, 2.45) is 5.92 Å². The molecule has 2 aliphatic heterocycles. The molecule has 1 fully saturated rings. The van der Waals surface area contributed by atoms with Gasteiger partial charge in [-0.15, -0.1) is 0 Å². The Labute approximate surface area is 124 Å². The Hall–Kier alpha value is -1.85. The van der Waals surface area contributed by atoms with E-state index in [1.807, 2.05) is 34.4 Å². The number of hydrogen-bond acceptors (Lipinski definition) is 3. The molecule has 0 radical (unpaired) electrons. The fourth-order valence-corrected chi connectivity index (χ4v) is 3.21. The highest BCUT2D eigenvalue weighted by atomic mass is 16.2. The maximum atomic E-state index is 12.3. The molecule has 2 aliphatic rings. The molecule has 1 atom stereocenters. The SMILES string of the molecule is CC(C)C(=O)N1Cc2ccnn2C(CN2CCCC2=O)C1. The van der Waals surface area contributed by atoms with Crippen LogP contribution in [0.4, 0.5) is 0 Å². The van der Waals surface area contributed by atoms with Crippen molar-refractivity contribution in [3.8, 4) is 0 Å². The summed E-state index contributed by atoms with van der Waals surface area (Å²) in [6, 6.07) is 2.02. The van der Waals surface area contributed by atoms with Crippen LogP contribution in [0.1, 0.15) is 38.4 Å². The van der Waals surface area contributed by atoms with Crippen LogP contribution in [0.2, 0.25) is 0 Å². The van der Waals surface area contributed by atoms with E-state index in [1.165, 1.54) is 0 Å². The molecule has 1 saturated heterocycles. The second kappa shape index (κ2) is 5.50. The molecule has 0 aromatic carbocycles. The Kier molecular flexibility index (Phi) is 3.69. The largest absolute Gasteiger partial charge is 0.340 e. The van der Waals surface area contributed by atoms with Gasteiger partial charge in [0.2, 0.25) is 11.8 Å². The van der Waals surface area contributed by atoms with E-state index in [9.17, 15) is 9.59 Å². The number of hydrogen-bond donors (Lipinski definition) is 0. The van der Waals surface area contributed by atoms with Crippen LogP contribution in [0.5, 0.6) is 0 Å². The molecule has 0 aliphatic carbocycles. The molecule has 3 heterocycles. The molecule has 1 aromatic rings. The smallest absolute Gasteiger partial charge is 0.225 e. The van der Waals surface area contributed by atoms with Crippen molar-refractivity contribution in [1.82, 2.24) is 19.6 Å². The Bertz CT molecular complexity index is 552. The molecule has 21 heavy (non-hydrogen) atoms. The highest BCUT2D eigenvalue weighted by Gasteiger charge is 2.32. The number of fused-ring (bicyclic) bond motifs is 1. The predicted octanol–water partition coefficient (Wildman–Crippen LogP) is 1.04. The number of aromatic nitrogens is 2. The minimum absolute atomic E-state index is 0.00598. The summed E-state index contributed by atoms with van der Waals surface area (Å²) in [6.45, 7) is 6.57. The topological polar surface area (TPSA) is 58.4 Å². The molecule has 114 valence electrons. The molecule has 1 unspecified atom stereocenters. The summed E-state index contributed by atoms with van der Waals surface area (Å²) >= 11 is 0. The second-order valence-corrected chi connectivity index (χ2v) is 6.24. The van der Waals surface area contributed by atoms with Gasteiger partial charge in [-0.1, -0.05) is 13.8 Å². The molecular weight excluding hydrogens is 268 g/mol. The van der Waals surface area contributed by atoms with Crippen LogP contribution in [0.15, 0.2) is 12.3 Å². The Balaban J connectivity index is 1.79. The monoisotopic (exact) mass is 290 g/mol. The molecule has 2 amide bonds. The number of carbonyl (C=O) groups is 2. The zero-order valence-corrected chi connectivity index (χ0v) is 12.7. The van der Waals surface area contributed by atoms with Crippen molar-refractivity contribution in [1.29, 1.82) is 0 Å². The van der Waals surface area contributed by atoms with Crippen molar-refractivity contribution < 1.29 is 9.59 Å². The van der Waals surface area contributed by atoms with Gasteiger partial charge in [-0.3, -0.25) is 14.3 Å². The first kappa shape index (κ1) is 14.1. The van der Waals surface area contributed by atoms with Crippen molar-refractivity contribution in [3.63, 3.8) is 0 Å². The van der Waals surface area contributed by atoms with Gasteiger partial charge in [0.1, 0.15) is 0 Å². The fraction of sp³-hybridized carbons (Fsp3) is 0.667. The lowest BCUT2D eigenvalue weighted by molar-refractivity contribution is -0.136. The quantitative estimate of drug-likeness (QED) is 0.836. The fourth-order valence-electron chi connectivity index (χ4n) is 3.21. The average molecular weight is 290 g/mol. The van der Waals surface area contributed by atoms with Crippen LogP contribution in [0.25, 0.3) is 0 Å². The number of nitrogens with zero attached hydrogens (tertiary/aromatic N) is 4. The average Bonchev–Trinajstić information content (AvgIpc) is 3.07. The van der Waals surface area contributed by atoms with Crippen LogP contribution in [-0.4, -0.2) is 51.0 Å². The van der Waals surface area contributed by atoms with Crippen molar-refractivity contribution >= 4 is 11.8 Å².